The largest absolute Gasteiger partial charge is 0.306 e. The number of nitro benzene ring substituents is 1. The van der Waals surface area contributed by atoms with Crippen molar-refractivity contribution in [2.24, 2.45) is 0 Å². The Labute approximate surface area is 163 Å². The number of nitro groups is 1. The summed E-state index contributed by atoms with van der Waals surface area (Å²) in [4.78, 5) is 33.8. The summed E-state index contributed by atoms with van der Waals surface area (Å²) in [6.07, 6.45) is 0.624. The average molecular weight is 403 g/mol. The van der Waals surface area contributed by atoms with Gasteiger partial charge in [-0.05, 0) is 23.6 Å². The summed E-state index contributed by atoms with van der Waals surface area (Å²) in [7, 11) is 0. The van der Waals surface area contributed by atoms with Crippen LogP contribution in [0, 0.1) is 10.1 Å². The van der Waals surface area contributed by atoms with Crippen molar-refractivity contribution in [1.82, 2.24) is 14.9 Å². The highest BCUT2D eigenvalue weighted by atomic mass is 35.5. The van der Waals surface area contributed by atoms with E-state index in [9.17, 15) is 14.9 Å². The molecule has 0 aliphatic carbocycles. The highest BCUT2D eigenvalue weighted by Gasteiger charge is 2.24. The lowest BCUT2D eigenvalue weighted by Crippen LogP contribution is -2.35. The Hall–Kier alpha value is -2.55. The van der Waals surface area contributed by atoms with Crippen molar-refractivity contribution in [3.05, 3.63) is 78.0 Å². The number of thiophene rings is 1. The number of fused-ring (bicyclic) bond motifs is 1. The van der Waals surface area contributed by atoms with E-state index in [-0.39, 0.29) is 11.2 Å². The molecule has 0 saturated carbocycles. The molecule has 1 aliphatic rings. The number of aromatic amines is 1. The molecule has 2 aromatic heterocycles. The van der Waals surface area contributed by atoms with E-state index in [0.717, 1.165) is 10.6 Å². The first-order valence-electron chi connectivity index (χ1n) is 8.32. The van der Waals surface area contributed by atoms with Gasteiger partial charge in [-0.15, -0.1) is 11.3 Å². The molecule has 0 fully saturated rings. The fourth-order valence-corrected chi connectivity index (χ4v) is 4.06. The van der Waals surface area contributed by atoms with Gasteiger partial charge in [-0.2, -0.15) is 0 Å². The summed E-state index contributed by atoms with van der Waals surface area (Å²) in [5.74, 6) is 0.593. The van der Waals surface area contributed by atoms with Gasteiger partial charge in [-0.1, -0.05) is 17.7 Å². The first-order chi connectivity index (χ1) is 13.0. The van der Waals surface area contributed by atoms with E-state index >= 15 is 0 Å². The van der Waals surface area contributed by atoms with Crippen molar-refractivity contribution in [3.63, 3.8) is 0 Å². The molecule has 3 aromatic rings. The topological polar surface area (TPSA) is 92.1 Å². The minimum atomic E-state index is -0.430. The summed E-state index contributed by atoms with van der Waals surface area (Å²) in [6.45, 7) is 1.45. The van der Waals surface area contributed by atoms with Gasteiger partial charge in [-0.25, -0.2) is 4.98 Å². The average Bonchev–Trinajstić information content (AvgIpc) is 3.18. The standard InChI is InChI=1S/C18H15ClN4O3S/c19-12-4-3-11(15(8-12)23(25)26)9-22-6-5-14-13(10-22)18(24)21-17(20-14)16-2-1-7-27-16/h1-4,7-8H,5-6,9-10H2,(H,20,21,24). The van der Waals surface area contributed by atoms with Crippen LogP contribution in [0.5, 0.6) is 0 Å². The lowest BCUT2D eigenvalue weighted by atomic mass is 10.1. The molecule has 0 amide bonds. The van der Waals surface area contributed by atoms with Crippen LogP contribution in [0.15, 0.2) is 40.5 Å². The van der Waals surface area contributed by atoms with Crippen LogP contribution in [0.4, 0.5) is 5.69 Å². The zero-order chi connectivity index (χ0) is 19.0. The first kappa shape index (κ1) is 17.8. The molecule has 0 saturated heterocycles. The number of halogens is 1. The number of benzene rings is 1. The minimum Gasteiger partial charge on any atom is -0.306 e. The van der Waals surface area contributed by atoms with E-state index in [4.69, 9.17) is 11.6 Å². The molecule has 7 nitrogen and oxygen atoms in total. The molecule has 0 unspecified atom stereocenters. The third-order valence-electron chi connectivity index (χ3n) is 4.54. The fraction of sp³-hybridized carbons (Fsp3) is 0.222. The maximum absolute atomic E-state index is 12.6. The highest BCUT2D eigenvalue weighted by molar-refractivity contribution is 7.13. The van der Waals surface area contributed by atoms with Crippen LogP contribution in [-0.4, -0.2) is 26.3 Å². The van der Waals surface area contributed by atoms with Crippen molar-refractivity contribution in [3.8, 4) is 10.7 Å². The quantitative estimate of drug-likeness (QED) is 0.531. The van der Waals surface area contributed by atoms with Crippen LogP contribution in [0.2, 0.25) is 5.02 Å². The van der Waals surface area contributed by atoms with Gasteiger partial charge >= 0.3 is 0 Å². The fourth-order valence-electron chi connectivity index (χ4n) is 3.23. The molecule has 1 aliphatic heterocycles. The van der Waals surface area contributed by atoms with Gasteiger partial charge in [-0.3, -0.25) is 19.8 Å². The second kappa shape index (κ2) is 7.22. The summed E-state index contributed by atoms with van der Waals surface area (Å²) < 4.78 is 0. The number of aromatic nitrogens is 2. The van der Waals surface area contributed by atoms with Crippen molar-refractivity contribution in [2.75, 3.05) is 6.54 Å². The summed E-state index contributed by atoms with van der Waals surface area (Å²) in [5.41, 5.74) is 1.83. The van der Waals surface area contributed by atoms with Gasteiger partial charge in [0.05, 0.1) is 21.1 Å². The van der Waals surface area contributed by atoms with Crippen LogP contribution in [0.25, 0.3) is 10.7 Å². The molecule has 138 valence electrons. The van der Waals surface area contributed by atoms with Crippen molar-refractivity contribution < 1.29 is 4.92 Å². The lowest BCUT2D eigenvalue weighted by Gasteiger charge is -2.27. The number of hydrogen-bond acceptors (Lipinski definition) is 6. The van der Waals surface area contributed by atoms with Gasteiger partial charge in [0.1, 0.15) is 0 Å². The number of H-pyrrole nitrogens is 1. The zero-order valence-electron chi connectivity index (χ0n) is 14.1. The highest BCUT2D eigenvalue weighted by Crippen LogP contribution is 2.27. The number of rotatable bonds is 4. The predicted molar refractivity (Wildman–Crippen MR) is 104 cm³/mol. The Morgan fingerprint density at radius 1 is 1.37 bits per heavy atom. The first-order valence-corrected chi connectivity index (χ1v) is 9.58. The van der Waals surface area contributed by atoms with Crippen molar-refractivity contribution >= 4 is 28.6 Å². The zero-order valence-corrected chi connectivity index (χ0v) is 15.7. The molecule has 3 heterocycles. The Balaban J connectivity index is 1.59. The molecular formula is C18H15ClN4O3S. The smallest absolute Gasteiger partial charge is 0.275 e. The normalized spacial score (nSPS) is 14.1. The SMILES string of the molecule is O=c1[nH]c(-c2cccs2)nc2c1CN(Cc1ccc(Cl)cc1[N+](=O)[O-])CC2. The summed E-state index contributed by atoms with van der Waals surface area (Å²) in [6, 6.07) is 8.50. The molecular weight excluding hydrogens is 388 g/mol. The number of nitrogens with zero attached hydrogens (tertiary/aromatic N) is 3. The van der Waals surface area contributed by atoms with Crippen LogP contribution >= 0.6 is 22.9 Å². The van der Waals surface area contributed by atoms with Gasteiger partial charge in [0.25, 0.3) is 11.2 Å². The molecule has 9 heteroatoms. The van der Waals surface area contributed by atoms with Gasteiger partial charge in [0.2, 0.25) is 0 Å². The molecule has 0 bridgehead atoms. The molecule has 1 N–H and O–H groups in total. The predicted octanol–water partition coefficient (Wildman–Crippen LogP) is 3.62. The molecule has 1 aromatic carbocycles. The number of nitrogens with one attached hydrogen (secondary N) is 1. The van der Waals surface area contributed by atoms with E-state index in [1.807, 2.05) is 22.4 Å². The molecule has 4 rings (SSSR count). The summed E-state index contributed by atoms with van der Waals surface area (Å²) in [5, 5.41) is 13.6. The second-order valence-corrected chi connectivity index (χ2v) is 7.69. The van der Waals surface area contributed by atoms with E-state index in [1.165, 1.54) is 17.4 Å². The van der Waals surface area contributed by atoms with E-state index < -0.39 is 4.92 Å². The second-order valence-electron chi connectivity index (χ2n) is 6.31. The molecule has 0 spiro atoms. The third kappa shape index (κ3) is 3.64. The summed E-state index contributed by atoms with van der Waals surface area (Å²) >= 11 is 7.40. The third-order valence-corrected chi connectivity index (χ3v) is 5.65. The molecule has 0 radical (unpaired) electrons. The number of hydrogen-bond donors (Lipinski definition) is 1. The van der Waals surface area contributed by atoms with Crippen molar-refractivity contribution in [1.29, 1.82) is 0 Å². The minimum absolute atomic E-state index is 0.00613. The Kier molecular flexibility index (Phi) is 4.77. The molecule has 27 heavy (non-hydrogen) atoms. The van der Waals surface area contributed by atoms with Crippen LogP contribution in [0.1, 0.15) is 16.8 Å². The van der Waals surface area contributed by atoms with Gasteiger partial charge < -0.3 is 4.98 Å². The van der Waals surface area contributed by atoms with Gasteiger partial charge in [0, 0.05) is 42.7 Å². The Morgan fingerprint density at radius 3 is 2.96 bits per heavy atom. The van der Waals surface area contributed by atoms with Crippen molar-refractivity contribution in [2.45, 2.75) is 19.5 Å². The van der Waals surface area contributed by atoms with Crippen LogP contribution in [0.3, 0.4) is 0 Å². The Bertz CT molecular complexity index is 1060. The van der Waals surface area contributed by atoms with E-state index in [2.05, 4.69) is 9.97 Å². The lowest BCUT2D eigenvalue weighted by molar-refractivity contribution is -0.385. The Morgan fingerprint density at radius 2 is 2.22 bits per heavy atom. The van der Waals surface area contributed by atoms with Crippen LogP contribution < -0.4 is 5.56 Å². The monoisotopic (exact) mass is 402 g/mol. The molecule has 0 atom stereocenters. The van der Waals surface area contributed by atoms with Gasteiger partial charge in [0.15, 0.2) is 5.82 Å². The maximum atomic E-state index is 12.6. The maximum Gasteiger partial charge on any atom is 0.275 e. The van der Waals surface area contributed by atoms with E-state index in [1.54, 1.807) is 12.1 Å². The van der Waals surface area contributed by atoms with Crippen LogP contribution in [-0.2, 0) is 19.5 Å². The van der Waals surface area contributed by atoms with E-state index in [0.29, 0.717) is 48.0 Å².